The lowest BCUT2D eigenvalue weighted by Gasteiger charge is -2.11. The minimum Gasteiger partial charge on any atom is -0.322 e. The smallest absolute Gasteiger partial charge is 0.234 e. The Kier molecular flexibility index (Phi) is 5.18. The summed E-state index contributed by atoms with van der Waals surface area (Å²) >= 11 is 1.42. The second kappa shape index (κ2) is 7.37. The van der Waals surface area contributed by atoms with Crippen LogP contribution in [0.15, 0.2) is 35.7 Å². The molecule has 0 atom stereocenters. The molecule has 0 radical (unpaired) electrons. The molecule has 0 fully saturated rings. The monoisotopic (exact) mass is 369 g/mol. The normalized spacial score (nSPS) is 11.0. The Morgan fingerprint density at radius 2 is 2.00 bits per heavy atom. The van der Waals surface area contributed by atoms with E-state index in [1.807, 2.05) is 31.7 Å². The molecule has 1 N–H and O–H groups in total. The predicted molar refractivity (Wildman–Crippen MR) is 105 cm³/mol. The standard InChI is InChI=1S/C19H23N5OS/c1-12-6-7-13(2)16(10-12)24-9-8-20-19(24)26-11-17(25)21-18-14(3)22-23(5)15(18)4/h6-10H,11H2,1-5H3,(H,21,25). The molecule has 1 aromatic carbocycles. The zero-order chi connectivity index (χ0) is 18.8. The number of benzene rings is 1. The van der Waals surface area contributed by atoms with Gasteiger partial charge in [0, 0.05) is 19.4 Å². The van der Waals surface area contributed by atoms with Crippen LogP contribution in [0, 0.1) is 27.7 Å². The molecule has 136 valence electrons. The average Bonchev–Trinajstić information content (AvgIpc) is 3.15. The molecule has 0 aliphatic heterocycles. The van der Waals surface area contributed by atoms with E-state index in [1.54, 1.807) is 10.9 Å². The number of aromatic nitrogens is 4. The number of nitrogens with one attached hydrogen (secondary N) is 1. The van der Waals surface area contributed by atoms with Crippen LogP contribution in [0.3, 0.4) is 0 Å². The van der Waals surface area contributed by atoms with Crippen molar-refractivity contribution in [2.75, 3.05) is 11.1 Å². The zero-order valence-corrected chi connectivity index (χ0v) is 16.5. The summed E-state index contributed by atoms with van der Waals surface area (Å²) in [4.78, 5) is 16.8. The summed E-state index contributed by atoms with van der Waals surface area (Å²) in [5, 5.41) is 8.08. The van der Waals surface area contributed by atoms with Gasteiger partial charge in [0.1, 0.15) is 0 Å². The van der Waals surface area contributed by atoms with Gasteiger partial charge in [-0.25, -0.2) is 4.98 Å². The average molecular weight is 369 g/mol. The van der Waals surface area contributed by atoms with Crippen molar-refractivity contribution in [2.24, 2.45) is 7.05 Å². The number of imidazole rings is 1. The topological polar surface area (TPSA) is 64.7 Å². The number of nitrogens with zero attached hydrogens (tertiary/aromatic N) is 4. The van der Waals surface area contributed by atoms with Gasteiger partial charge in [0.25, 0.3) is 0 Å². The van der Waals surface area contributed by atoms with Crippen LogP contribution in [0.25, 0.3) is 5.69 Å². The van der Waals surface area contributed by atoms with Crippen molar-refractivity contribution in [3.05, 3.63) is 53.1 Å². The SMILES string of the molecule is Cc1ccc(C)c(-n2ccnc2SCC(=O)Nc2c(C)nn(C)c2C)c1. The Balaban J connectivity index is 1.72. The lowest BCUT2D eigenvalue weighted by molar-refractivity contribution is -0.113. The molecule has 3 aromatic rings. The Morgan fingerprint density at radius 1 is 1.23 bits per heavy atom. The summed E-state index contributed by atoms with van der Waals surface area (Å²) in [5.41, 5.74) is 6.00. The van der Waals surface area contributed by atoms with Gasteiger partial charge in [-0.1, -0.05) is 23.9 Å². The molecule has 0 aliphatic carbocycles. The summed E-state index contributed by atoms with van der Waals surface area (Å²) in [6, 6.07) is 6.32. The highest BCUT2D eigenvalue weighted by atomic mass is 32.2. The molecule has 2 heterocycles. The fraction of sp³-hybridized carbons (Fsp3) is 0.316. The van der Waals surface area contributed by atoms with E-state index in [4.69, 9.17) is 0 Å². The van der Waals surface area contributed by atoms with Gasteiger partial charge in [-0.2, -0.15) is 5.10 Å². The van der Waals surface area contributed by atoms with Crippen LogP contribution in [0.5, 0.6) is 0 Å². The predicted octanol–water partition coefficient (Wildman–Crippen LogP) is 3.57. The second-order valence-electron chi connectivity index (χ2n) is 6.38. The highest BCUT2D eigenvalue weighted by molar-refractivity contribution is 7.99. The molecule has 26 heavy (non-hydrogen) atoms. The van der Waals surface area contributed by atoms with E-state index in [-0.39, 0.29) is 11.7 Å². The van der Waals surface area contributed by atoms with E-state index in [9.17, 15) is 4.79 Å². The molecule has 1 amide bonds. The third-order valence-electron chi connectivity index (χ3n) is 4.34. The van der Waals surface area contributed by atoms with Crippen molar-refractivity contribution >= 4 is 23.4 Å². The van der Waals surface area contributed by atoms with Gasteiger partial charge in [0.05, 0.1) is 28.5 Å². The first-order valence-corrected chi connectivity index (χ1v) is 9.39. The van der Waals surface area contributed by atoms with Crippen molar-refractivity contribution < 1.29 is 4.79 Å². The van der Waals surface area contributed by atoms with Gasteiger partial charge in [0.2, 0.25) is 5.91 Å². The Bertz CT molecular complexity index is 957. The van der Waals surface area contributed by atoms with E-state index in [2.05, 4.69) is 47.4 Å². The lowest BCUT2D eigenvalue weighted by Crippen LogP contribution is -2.15. The van der Waals surface area contributed by atoms with Crippen molar-refractivity contribution in [3.63, 3.8) is 0 Å². The van der Waals surface area contributed by atoms with Crippen LogP contribution in [0.1, 0.15) is 22.5 Å². The third kappa shape index (κ3) is 3.67. The minimum absolute atomic E-state index is 0.0651. The maximum Gasteiger partial charge on any atom is 0.234 e. The zero-order valence-electron chi connectivity index (χ0n) is 15.7. The largest absolute Gasteiger partial charge is 0.322 e. The molecule has 0 saturated heterocycles. The van der Waals surface area contributed by atoms with Gasteiger partial charge in [-0.15, -0.1) is 0 Å². The number of anilines is 1. The van der Waals surface area contributed by atoms with Gasteiger partial charge in [-0.3, -0.25) is 14.0 Å². The summed E-state index contributed by atoms with van der Waals surface area (Å²) in [6.07, 6.45) is 3.69. The van der Waals surface area contributed by atoms with Crippen molar-refractivity contribution in [1.29, 1.82) is 0 Å². The number of carbonyl (C=O) groups is 1. The summed E-state index contributed by atoms with van der Waals surface area (Å²) in [6.45, 7) is 7.97. The molecule has 6 nitrogen and oxygen atoms in total. The van der Waals surface area contributed by atoms with Crippen LogP contribution in [-0.4, -0.2) is 31.0 Å². The van der Waals surface area contributed by atoms with Crippen molar-refractivity contribution in [1.82, 2.24) is 19.3 Å². The number of hydrogen-bond acceptors (Lipinski definition) is 4. The van der Waals surface area contributed by atoms with Crippen molar-refractivity contribution in [3.8, 4) is 5.69 Å². The van der Waals surface area contributed by atoms with E-state index in [0.29, 0.717) is 0 Å². The summed E-state index contributed by atoms with van der Waals surface area (Å²) in [5.74, 6) is 0.222. The first kappa shape index (κ1) is 18.3. The number of amides is 1. The Hall–Kier alpha value is -2.54. The molecule has 0 unspecified atom stereocenters. The maximum atomic E-state index is 12.4. The highest BCUT2D eigenvalue weighted by Crippen LogP contribution is 2.24. The molecule has 0 bridgehead atoms. The minimum atomic E-state index is -0.0651. The number of hydrogen-bond donors (Lipinski definition) is 1. The van der Waals surface area contributed by atoms with Crippen LogP contribution >= 0.6 is 11.8 Å². The maximum absolute atomic E-state index is 12.4. The Morgan fingerprint density at radius 3 is 2.69 bits per heavy atom. The number of carbonyl (C=O) groups excluding carboxylic acids is 1. The fourth-order valence-corrected chi connectivity index (χ4v) is 3.58. The molecule has 3 rings (SSSR count). The quantitative estimate of drug-likeness (QED) is 0.698. The van der Waals surface area contributed by atoms with Crippen LogP contribution in [-0.2, 0) is 11.8 Å². The van der Waals surface area contributed by atoms with Crippen molar-refractivity contribution in [2.45, 2.75) is 32.9 Å². The molecule has 0 aliphatic rings. The van der Waals surface area contributed by atoms with Gasteiger partial charge in [-0.05, 0) is 44.9 Å². The number of rotatable bonds is 5. The molecule has 2 aromatic heterocycles. The fourth-order valence-electron chi connectivity index (χ4n) is 2.82. The van der Waals surface area contributed by atoms with E-state index in [1.165, 1.54) is 22.9 Å². The summed E-state index contributed by atoms with van der Waals surface area (Å²) in [7, 11) is 1.87. The lowest BCUT2D eigenvalue weighted by atomic mass is 10.1. The highest BCUT2D eigenvalue weighted by Gasteiger charge is 2.14. The first-order valence-electron chi connectivity index (χ1n) is 8.40. The van der Waals surface area contributed by atoms with E-state index in [0.717, 1.165) is 27.9 Å². The number of aryl methyl sites for hydroxylation is 4. The number of thioether (sulfide) groups is 1. The van der Waals surface area contributed by atoms with Crippen LogP contribution in [0.4, 0.5) is 5.69 Å². The van der Waals surface area contributed by atoms with Crippen LogP contribution in [0.2, 0.25) is 0 Å². The van der Waals surface area contributed by atoms with E-state index < -0.39 is 0 Å². The molecule has 7 heteroatoms. The first-order chi connectivity index (χ1) is 12.4. The molecule has 0 spiro atoms. The van der Waals surface area contributed by atoms with Gasteiger partial charge >= 0.3 is 0 Å². The van der Waals surface area contributed by atoms with Gasteiger partial charge < -0.3 is 5.32 Å². The third-order valence-corrected chi connectivity index (χ3v) is 5.30. The second-order valence-corrected chi connectivity index (χ2v) is 7.32. The van der Waals surface area contributed by atoms with E-state index >= 15 is 0 Å². The molecular formula is C19H23N5OS. The molecule has 0 saturated carbocycles. The summed E-state index contributed by atoms with van der Waals surface area (Å²) < 4.78 is 3.80. The Labute approximate surface area is 157 Å². The van der Waals surface area contributed by atoms with Gasteiger partial charge in [0.15, 0.2) is 5.16 Å². The molecular weight excluding hydrogens is 346 g/mol. The van der Waals surface area contributed by atoms with Crippen LogP contribution < -0.4 is 5.32 Å².